The van der Waals surface area contributed by atoms with Crippen LogP contribution in [0.3, 0.4) is 0 Å². The van der Waals surface area contributed by atoms with Crippen LogP contribution in [0.15, 0.2) is 59.7 Å². The first-order chi connectivity index (χ1) is 14.2. The van der Waals surface area contributed by atoms with Gasteiger partial charge < -0.3 is 0 Å². The fraction of sp³-hybridized carbons (Fsp3) is 0.538. The summed E-state index contributed by atoms with van der Waals surface area (Å²) >= 11 is 0. The van der Waals surface area contributed by atoms with Gasteiger partial charge in [0.2, 0.25) is 0 Å². The maximum Gasteiger partial charge on any atom is 0.143 e. The summed E-state index contributed by atoms with van der Waals surface area (Å²) in [5.41, 5.74) is 5.67. The van der Waals surface area contributed by atoms with E-state index in [1.54, 1.807) is 5.57 Å². The number of aryl methyl sites for hydroxylation is 1. The van der Waals surface area contributed by atoms with Gasteiger partial charge in [-0.05, 0) is 61.6 Å². The van der Waals surface area contributed by atoms with Crippen molar-refractivity contribution in [1.29, 1.82) is 0 Å². The van der Waals surface area contributed by atoms with Crippen molar-refractivity contribution in [1.82, 2.24) is 9.80 Å². The lowest BCUT2D eigenvalue weighted by Crippen LogP contribution is -2.36. The fourth-order valence-electron chi connectivity index (χ4n) is 4.14. The molecule has 0 unspecified atom stereocenters. The molecule has 0 N–H and O–H groups in total. The molecule has 2 nitrogen and oxygen atoms in total. The highest BCUT2D eigenvalue weighted by Gasteiger charge is 2.28. The van der Waals surface area contributed by atoms with E-state index in [1.807, 2.05) is 4.90 Å². The number of hydrogen-bond donors (Lipinski definition) is 0. The van der Waals surface area contributed by atoms with Crippen LogP contribution >= 0.6 is 0 Å². The SMILES string of the molecule is CC/C=C/CN(CCN(CF)CC1=C(C2CC2)CCC=C1)Cc1ccccc1C. The second-order valence-corrected chi connectivity index (χ2v) is 8.48. The maximum atomic E-state index is 13.9. The molecule has 1 aromatic carbocycles. The molecule has 0 aliphatic heterocycles. The van der Waals surface area contributed by atoms with Gasteiger partial charge in [0.15, 0.2) is 0 Å². The van der Waals surface area contributed by atoms with Gasteiger partial charge in [-0.1, -0.05) is 61.1 Å². The van der Waals surface area contributed by atoms with E-state index in [2.05, 4.69) is 67.3 Å². The monoisotopic (exact) mass is 396 g/mol. The lowest BCUT2D eigenvalue weighted by atomic mass is 9.93. The van der Waals surface area contributed by atoms with Gasteiger partial charge in [0, 0.05) is 32.7 Å². The Morgan fingerprint density at radius 1 is 1.07 bits per heavy atom. The zero-order valence-electron chi connectivity index (χ0n) is 18.2. The summed E-state index contributed by atoms with van der Waals surface area (Å²) in [6, 6.07) is 8.58. The van der Waals surface area contributed by atoms with Gasteiger partial charge in [0.1, 0.15) is 6.80 Å². The molecule has 0 bridgehead atoms. The number of rotatable bonds is 12. The molecule has 0 heterocycles. The minimum absolute atomic E-state index is 0.377. The summed E-state index contributed by atoms with van der Waals surface area (Å²) in [6.45, 7) is 8.18. The lowest BCUT2D eigenvalue weighted by Gasteiger charge is -2.27. The van der Waals surface area contributed by atoms with Crippen LogP contribution in [0.25, 0.3) is 0 Å². The van der Waals surface area contributed by atoms with Crippen LogP contribution in [0.5, 0.6) is 0 Å². The summed E-state index contributed by atoms with van der Waals surface area (Å²) < 4.78 is 13.9. The van der Waals surface area contributed by atoms with E-state index in [-0.39, 0.29) is 6.80 Å². The molecule has 3 rings (SSSR count). The van der Waals surface area contributed by atoms with Gasteiger partial charge in [-0.3, -0.25) is 9.80 Å². The van der Waals surface area contributed by atoms with Crippen LogP contribution in [-0.4, -0.2) is 42.8 Å². The molecular formula is C26H37FN2. The van der Waals surface area contributed by atoms with Gasteiger partial charge >= 0.3 is 0 Å². The highest BCUT2D eigenvalue weighted by Crippen LogP contribution is 2.42. The fourth-order valence-corrected chi connectivity index (χ4v) is 4.14. The van der Waals surface area contributed by atoms with E-state index < -0.39 is 0 Å². The Morgan fingerprint density at radius 2 is 1.86 bits per heavy atom. The minimum Gasteiger partial charge on any atom is -0.294 e. The van der Waals surface area contributed by atoms with Crippen molar-refractivity contribution in [3.8, 4) is 0 Å². The molecule has 0 amide bonds. The molecule has 0 aromatic heterocycles. The molecule has 2 aliphatic rings. The summed E-state index contributed by atoms with van der Waals surface area (Å²) in [7, 11) is 0. The first kappa shape index (κ1) is 22.0. The highest BCUT2D eigenvalue weighted by molar-refractivity contribution is 5.34. The van der Waals surface area contributed by atoms with E-state index in [9.17, 15) is 4.39 Å². The third-order valence-electron chi connectivity index (χ3n) is 6.10. The number of benzene rings is 1. The Bertz CT molecular complexity index is 730. The molecule has 0 radical (unpaired) electrons. The Balaban J connectivity index is 1.60. The molecule has 29 heavy (non-hydrogen) atoms. The standard InChI is InChI=1S/C26H37FN2/c1-3-4-9-16-28(19-24-11-6-5-10-22(24)2)17-18-29(21-27)20-25-12-7-8-13-26(25)23-14-15-23/h4-7,9-12,23H,3,8,13-21H2,1-2H3/b9-4+. The zero-order valence-corrected chi connectivity index (χ0v) is 18.2. The molecule has 0 spiro atoms. The van der Waals surface area contributed by atoms with Crippen LogP contribution < -0.4 is 0 Å². The van der Waals surface area contributed by atoms with Gasteiger partial charge in [-0.15, -0.1) is 0 Å². The smallest absolute Gasteiger partial charge is 0.143 e. The summed E-state index contributed by atoms with van der Waals surface area (Å²) in [5.74, 6) is 0.785. The molecule has 158 valence electrons. The quantitative estimate of drug-likeness (QED) is 0.313. The van der Waals surface area contributed by atoms with Crippen molar-refractivity contribution in [2.75, 3.05) is 33.0 Å². The van der Waals surface area contributed by atoms with Crippen LogP contribution in [0, 0.1) is 12.8 Å². The Kier molecular flexibility index (Phi) is 8.69. The normalized spacial score (nSPS) is 17.3. The van der Waals surface area contributed by atoms with Crippen LogP contribution in [0.1, 0.15) is 50.2 Å². The van der Waals surface area contributed by atoms with Crippen molar-refractivity contribution in [2.24, 2.45) is 5.92 Å². The second-order valence-electron chi connectivity index (χ2n) is 8.48. The van der Waals surface area contributed by atoms with E-state index in [1.165, 1.54) is 36.0 Å². The molecule has 3 heteroatoms. The van der Waals surface area contributed by atoms with Crippen molar-refractivity contribution in [2.45, 2.75) is 52.5 Å². The Morgan fingerprint density at radius 3 is 2.59 bits per heavy atom. The molecule has 1 aromatic rings. The summed E-state index contributed by atoms with van der Waals surface area (Å²) in [6.07, 6.45) is 15.0. The van der Waals surface area contributed by atoms with Gasteiger partial charge in [-0.2, -0.15) is 0 Å². The predicted octanol–water partition coefficient (Wildman–Crippen LogP) is 6.05. The van der Waals surface area contributed by atoms with Crippen LogP contribution in [0.4, 0.5) is 4.39 Å². The van der Waals surface area contributed by atoms with Crippen molar-refractivity contribution >= 4 is 0 Å². The Hall–Kier alpha value is -1.71. The summed E-state index contributed by atoms with van der Waals surface area (Å²) in [5, 5.41) is 0. The van der Waals surface area contributed by atoms with Crippen molar-refractivity contribution < 1.29 is 4.39 Å². The molecule has 0 atom stereocenters. The zero-order chi connectivity index (χ0) is 20.5. The first-order valence-corrected chi connectivity index (χ1v) is 11.3. The van der Waals surface area contributed by atoms with Gasteiger partial charge in [-0.25, -0.2) is 4.39 Å². The molecule has 2 aliphatic carbocycles. The van der Waals surface area contributed by atoms with Crippen molar-refractivity contribution in [3.63, 3.8) is 0 Å². The maximum absolute atomic E-state index is 13.9. The van der Waals surface area contributed by atoms with E-state index in [4.69, 9.17) is 0 Å². The minimum atomic E-state index is -0.377. The molecule has 1 fully saturated rings. The Labute approximate surface area is 176 Å². The van der Waals surface area contributed by atoms with Gasteiger partial charge in [0.05, 0.1) is 0 Å². The largest absolute Gasteiger partial charge is 0.294 e. The number of nitrogens with zero attached hydrogens (tertiary/aromatic N) is 2. The third kappa shape index (κ3) is 6.94. The number of hydrogen-bond acceptors (Lipinski definition) is 2. The number of allylic oxidation sites excluding steroid dienone is 3. The summed E-state index contributed by atoms with van der Waals surface area (Å²) in [4.78, 5) is 4.41. The first-order valence-electron chi connectivity index (χ1n) is 11.3. The number of alkyl halides is 1. The van der Waals surface area contributed by atoms with Crippen molar-refractivity contribution in [3.05, 3.63) is 70.8 Å². The van der Waals surface area contributed by atoms with Crippen LogP contribution in [0.2, 0.25) is 0 Å². The highest BCUT2D eigenvalue weighted by atomic mass is 19.1. The van der Waals surface area contributed by atoms with Gasteiger partial charge in [0.25, 0.3) is 0 Å². The third-order valence-corrected chi connectivity index (χ3v) is 6.10. The van der Waals surface area contributed by atoms with E-state index in [0.717, 1.165) is 51.5 Å². The van der Waals surface area contributed by atoms with E-state index >= 15 is 0 Å². The topological polar surface area (TPSA) is 6.48 Å². The van der Waals surface area contributed by atoms with Crippen LogP contribution in [-0.2, 0) is 6.54 Å². The van der Waals surface area contributed by atoms with E-state index in [0.29, 0.717) is 0 Å². The molecule has 0 saturated heterocycles. The average Bonchev–Trinajstić information content (AvgIpc) is 3.58. The molecule has 1 saturated carbocycles. The number of halogens is 1. The second kappa shape index (κ2) is 11.5. The predicted molar refractivity (Wildman–Crippen MR) is 122 cm³/mol. The lowest BCUT2D eigenvalue weighted by molar-refractivity contribution is 0.167. The molecular weight excluding hydrogens is 359 g/mol. The average molecular weight is 397 g/mol.